The van der Waals surface area contributed by atoms with E-state index in [-0.39, 0.29) is 23.3 Å². The molecule has 370 valence electrons. The molecule has 8 aromatic carbocycles. The van der Waals surface area contributed by atoms with Crippen molar-refractivity contribution in [1.82, 2.24) is 19.9 Å². The van der Waals surface area contributed by atoms with E-state index in [1.54, 1.807) is 73.3 Å². The van der Waals surface area contributed by atoms with Crippen molar-refractivity contribution in [3.63, 3.8) is 0 Å². The maximum atomic E-state index is 15.0. The van der Waals surface area contributed by atoms with Gasteiger partial charge in [0.05, 0.1) is 45.5 Å². The van der Waals surface area contributed by atoms with Crippen molar-refractivity contribution in [1.29, 1.82) is 0 Å². The molecule has 0 unspecified atom stereocenters. The normalized spacial score (nSPS) is 11.4. The molecule has 0 N–H and O–H groups in total. The number of hydrogen-bond donors (Lipinski definition) is 0. The molecule has 4 heterocycles. The van der Waals surface area contributed by atoms with Crippen molar-refractivity contribution < 1.29 is 17.6 Å². The second-order valence-corrected chi connectivity index (χ2v) is 18.8. The third-order valence-electron chi connectivity index (χ3n) is 14.0. The van der Waals surface area contributed by atoms with Gasteiger partial charge in [-0.1, -0.05) is 24.3 Å². The third-order valence-corrected chi connectivity index (χ3v) is 14.0. The van der Waals surface area contributed by atoms with Crippen molar-refractivity contribution in [3.05, 3.63) is 253 Å². The Labute approximate surface area is 436 Å². The van der Waals surface area contributed by atoms with Crippen LogP contribution < -0.4 is 19.6 Å². The van der Waals surface area contributed by atoms with Crippen LogP contribution in [0.5, 0.6) is 0 Å². The Morgan fingerprint density at radius 1 is 0.263 bits per heavy atom. The van der Waals surface area contributed by atoms with Crippen LogP contribution in [0.25, 0.3) is 32.3 Å². The summed E-state index contributed by atoms with van der Waals surface area (Å²) in [6, 6.07) is 46.4. The van der Waals surface area contributed by atoms with Gasteiger partial charge in [-0.25, -0.2) is 17.6 Å². The Balaban J connectivity index is 1.31. The fourth-order valence-electron chi connectivity index (χ4n) is 10.5. The van der Waals surface area contributed by atoms with Crippen molar-refractivity contribution in [2.75, 3.05) is 19.6 Å². The topological polar surface area (TPSA) is 64.5 Å². The summed E-state index contributed by atoms with van der Waals surface area (Å²) in [7, 11) is 0. The van der Waals surface area contributed by atoms with Crippen molar-refractivity contribution in [3.8, 4) is 0 Å². The molecule has 76 heavy (non-hydrogen) atoms. The van der Waals surface area contributed by atoms with Gasteiger partial charge in [0.1, 0.15) is 23.3 Å². The first-order valence-electron chi connectivity index (χ1n) is 24.7. The highest BCUT2D eigenvalue weighted by Crippen LogP contribution is 2.55. The van der Waals surface area contributed by atoms with Crippen LogP contribution in [0.2, 0.25) is 0 Å². The van der Waals surface area contributed by atoms with Gasteiger partial charge < -0.3 is 19.6 Å². The number of nitrogens with zero attached hydrogens (tertiary/aromatic N) is 8. The summed E-state index contributed by atoms with van der Waals surface area (Å²) in [4.78, 5) is 26.5. The summed E-state index contributed by atoms with van der Waals surface area (Å²) in [6.07, 6.45) is 14.2. The van der Waals surface area contributed by atoms with Gasteiger partial charge in [0.25, 0.3) is 0 Å². The summed E-state index contributed by atoms with van der Waals surface area (Å²) in [5.41, 5.74) is 12.5. The van der Waals surface area contributed by atoms with E-state index >= 15 is 17.6 Å². The van der Waals surface area contributed by atoms with E-state index in [4.69, 9.17) is 0 Å². The molecule has 0 atom stereocenters. The van der Waals surface area contributed by atoms with Gasteiger partial charge in [-0.15, -0.1) is 0 Å². The number of pyridine rings is 4. The molecular weight excluding hydrogens is 957 g/mol. The van der Waals surface area contributed by atoms with Crippen molar-refractivity contribution in [2.45, 2.75) is 27.7 Å². The molecular formula is C64H46F4N8. The molecule has 4 aromatic heterocycles. The maximum absolute atomic E-state index is 15.0. The minimum absolute atomic E-state index is 0.382. The first-order valence-corrected chi connectivity index (χ1v) is 24.7. The number of hydrogen-bond acceptors (Lipinski definition) is 8. The smallest absolute Gasteiger partial charge is 0.123 e. The predicted octanol–water partition coefficient (Wildman–Crippen LogP) is 17.8. The number of benzene rings is 8. The lowest BCUT2D eigenvalue weighted by Crippen LogP contribution is -2.17. The molecule has 12 aromatic rings. The van der Waals surface area contributed by atoms with E-state index in [0.717, 1.165) is 100 Å². The average Bonchev–Trinajstić information content (AvgIpc) is 3.63. The molecule has 0 radical (unpaired) electrons. The number of aryl methyl sites for hydroxylation is 4. The number of rotatable bonds is 12. The fourth-order valence-corrected chi connectivity index (χ4v) is 10.5. The molecule has 0 fully saturated rings. The van der Waals surface area contributed by atoms with Gasteiger partial charge >= 0.3 is 0 Å². The zero-order valence-electron chi connectivity index (χ0n) is 41.7. The van der Waals surface area contributed by atoms with E-state index in [1.165, 1.54) is 48.5 Å². The van der Waals surface area contributed by atoms with Crippen LogP contribution in [-0.4, -0.2) is 19.9 Å². The Morgan fingerprint density at radius 3 is 0.671 bits per heavy atom. The summed E-state index contributed by atoms with van der Waals surface area (Å²) < 4.78 is 60.2. The first kappa shape index (κ1) is 47.3. The fraction of sp³-hybridized carbons (Fsp3) is 0.0625. The van der Waals surface area contributed by atoms with Gasteiger partial charge in [-0.3, -0.25) is 19.9 Å². The molecule has 12 heteroatoms. The molecule has 0 saturated carbocycles. The zero-order valence-corrected chi connectivity index (χ0v) is 41.7. The Bertz CT molecular complexity index is 3590. The van der Waals surface area contributed by atoms with Crippen LogP contribution in [-0.2, 0) is 0 Å². The maximum Gasteiger partial charge on any atom is 0.123 e. The molecule has 0 spiro atoms. The van der Waals surface area contributed by atoms with Crippen molar-refractivity contribution in [2.24, 2.45) is 0 Å². The monoisotopic (exact) mass is 1000 g/mol. The Morgan fingerprint density at radius 2 is 0.474 bits per heavy atom. The molecule has 0 bridgehead atoms. The van der Waals surface area contributed by atoms with E-state index < -0.39 is 0 Å². The second kappa shape index (κ2) is 19.3. The van der Waals surface area contributed by atoms with Gasteiger partial charge in [-0.2, -0.15) is 0 Å². The summed E-state index contributed by atoms with van der Waals surface area (Å²) >= 11 is 0. The predicted molar refractivity (Wildman–Crippen MR) is 299 cm³/mol. The molecule has 0 aliphatic carbocycles. The molecule has 0 saturated heterocycles. The SMILES string of the molecule is Cc1cnccc1N(c1ccc(F)cc1)c1cc(N(c2ccc(F)cc2)c2ccncc2C)c2ccc3c(N(c4ccc(F)cc4)c4ccncc4C)cc(N(c4ccc(F)cc4)c4ccncc4C)c4ccc1c2c43. The lowest BCUT2D eigenvalue weighted by Gasteiger charge is -2.35. The van der Waals surface area contributed by atoms with Crippen LogP contribution in [0.1, 0.15) is 22.3 Å². The van der Waals surface area contributed by atoms with E-state index in [9.17, 15) is 0 Å². The van der Waals surface area contributed by atoms with Crippen LogP contribution >= 0.6 is 0 Å². The minimum atomic E-state index is -0.382. The van der Waals surface area contributed by atoms with Gasteiger partial charge in [0.2, 0.25) is 0 Å². The van der Waals surface area contributed by atoms with E-state index in [2.05, 4.69) is 75.9 Å². The standard InChI is InChI=1S/C64H46F4N8/c1-39-35-69-29-25-55(39)73(47-13-5-43(65)6-14-47)59-33-60(74(48-15-7-44(66)8-16-48)56-26-30-70-36-40(56)2)52-23-24-54-62(76(50-19-11-46(68)12-20-50)58-28-32-72-38-42(58)4)34-61(53-22-21-51(59)63(52)64(53)54)75(49-17-9-45(67)10-18-49)57-27-31-71-37-41(57)3/h5-38H,1-4H3. The highest BCUT2D eigenvalue weighted by molar-refractivity contribution is 6.33. The summed E-state index contributed by atoms with van der Waals surface area (Å²) in [5, 5.41) is 5.17. The van der Waals surface area contributed by atoms with Crippen LogP contribution in [0.3, 0.4) is 0 Å². The van der Waals surface area contributed by atoms with Gasteiger partial charge in [-0.05, 0) is 183 Å². The van der Waals surface area contributed by atoms with Crippen molar-refractivity contribution >= 4 is 101 Å². The van der Waals surface area contributed by atoms with Crippen LogP contribution in [0.4, 0.5) is 85.8 Å². The van der Waals surface area contributed by atoms with E-state index in [1.807, 2.05) is 76.7 Å². The van der Waals surface area contributed by atoms with Gasteiger partial charge in [0.15, 0.2) is 0 Å². The third kappa shape index (κ3) is 8.30. The number of anilines is 12. The molecule has 0 aliphatic rings. The highest BCUT2D eigenvalue weighted by atomic mass is 19.1. The minimum Gasteiger partial charge on any atom is -0.309 e. The molecule has 8 nitrogen and oxygen atoms in total. The van der Waals surface area contributed by atoms with Gasteiger partial charge in [0, 0.05) is 105 Å². The highest BCUT2D eigenvalue weighted by Gasteiger charge is 2.30. The Kier molecular flexibility index (Phi) is 12.0. The second-order valence-electron chi connectivity index (χ2n) is 18.8. The first-order chi connectivity index (χ1) is 37.0. The lowest BCUT2D eigenvalue weighted by atomic mass is 9.89. The molecule has 12 rings (SSSR count). The van der Waals surface area contributed by atoms with E-state index in [0.29, 0.717) is 22.7 Å². The summed E-state index contributed by atoms with van der Waals surface area (Å²) in [5.74, 6) is -1.53. The number of halogens is 4. The lowest BCUT2D eigenvalue weighted by molar-refractivity contribution is 0.627. The Hall–Kier alpha value is -9.68. The average molecular weight is 1000 g/mol. The summed E-state index contributed by atoms with van der Waals surface area (Å²) in [6.45, 7) is 7.98. The van der Waals surface area contributed by atoms with Crippen LogP contribution in [0.15, 0.2) is 207 Å². The molecule has 0 aliphatic heterocycles. The largest absolute Gasteiger partial charge is 0.309 e. The quantitative estimate of drug-likeness (QED) is 0.0886. The zero-order chi connectivity index (χ0) is 52.2. The number of aromatic nitrogens is 4. The molecule has 0 amide bonds. The van der Waals surface area contributed by atoms with Crippen LogP contribution in [0, 0.1) is 51.0 Å².